The third-order valence-corrected chi connectivity index (χ3v) is 3.96. The molecule has 3 heterocycles. The number of pyridine rings is 1. The number of nitrogens with zero attached hydrogens (tertiary/aromatic N) is 4. The molecule has 4 rings (SSSR count). The van der Waals surface area contributed by atoms with E-state index in [1.54, 1.807) is 53.4 Å². The molecule has 142 valence electrons. The van der Waals surface area contributed by atoms with E-state index in [1.807, 2.05) is 0 Å². The van der Waals surface area contributed by atoms with E-state index in [0.717, 1.165) is 10.9 Å². The average molecular weight is 387 g/mol. The molecule has 0 aliphatic carbocycles. The molecule has 0 bridgehead atoms. The molecule has 1 amide bonds. The quantitative estimate of drug-likeness (QED) is 0.577. The fourth-order valence-corrected chi connectivity index (χ4v) is 2.72. The predicted molar refractivity (Wildman–Crippen MR) is 93.1 cm³/mol. The molecule has 10 heteroatoms. The first-order valence-corrected chi connectivity index (χ1v) is 8.10. The summed E-state index contributed by atoms with van der Waals surface area (Å²) in [4.78, 5) is 19.5. The lowest BCUT2D eigenvalue weighted by Crippen LogP contribution is -2.18. The van der Waals surface area contributed by atoms with Crippen molar-refractivity contribution in [3.63, 3.8) is 0 Å². The molecule has 0 aliphatic heterocycles. The van der Waals surface area contributed by atoms with Crippen molar-refractivity contribution >= 4 is 22.5 Å². The molecule has 3 aromatic heterocycles. The van der Waals surface area contributed by atoms with E-state index in [0.29, 0.717) is 11.3 Å². The van der Waals surface area contributed by atoms with Gasteiger partial charge in [0.2, 0.25) is 11.7 Å². The van der Waals surface area contributed by atoms with Crippen LogP contribution in [0.4, 0.5) is 18.9 Å². The number of aromatic nitrogens is 4. The molecule has 0 aliphatic rings. The van der Waals surface area contributed by atoms with Gasteiger partial charge in [0.15, 0.2) is 0 Å². The van der Waals surface area contributed by atoms with E-state index < -0.39 is 12.1 Å². The fraction of sp³-hybridized carbons (Fsp3) is 0.111. The van der Waals surface area contributed by atoms with Crippen molar-refractivity contribution < 1.29 is 22.5 Å². The molecule has 0 saturated carbocycles. The summed E-state index contributed by atoms with van der Waals surface area (Å²) >= 11 is 0. The van der Waals surface area contributed by atoms with Gasteiger partial charge in [-0.25, -0.2) is 0 Å². The molecule has 0 unspecified atom stereocenters. The SMILES string of the molecule is O=C(Cn1ccc2cc(-c3noc(C(F)(F)F)n3)ccc21)Nc1cccnc1. The van der Waals surface area contributed by atoms with Crippen LogP contribution in [0.3, 0.4) is 0 Å². The van der Waals surface area contributed by atoms with Crippen LogP contribution in [-0.2, 0) is 17.5 Å². The summed E-state index contributed by atoms with van der Waals surface area (Å²) in [6, 6.07) is 10.1. The monoisotopic (exact) mass is 387 g/mol. The number of fused-ring (bicyclic) bond motifs is 1. The molecule has 0 spiro atoms. The van der Waals surface area contributed by atoms with Crippen LogP contribution in [0.5, 0.6) is 0 Å². The largest absolute Gasteiger partial charge is 0.471 e. The molecule has 0 saturated heterocycles. The number of amides is 1. The topological polar surface area (TPSA) is 85.8 Å². The maximum absolute atomic E-state index is 12.6. The number of nitrogens with one attached hydrogen (secondary N) is 1. The Balaban J connectivity index is 1.55. The summed E-state index contributed by atoms with van der Waals surface area (Å²) in [5, 5.41) is 6.84. The lowest BCUT2D eigenvalue weighted by molar-refractivity contribution is -0.159. The minimum absolute atomic E-state index is 0.0676. The van der Waals surface area contributed by atoms with Crippen molar-refractivity contribution in [2.24, 2.45) is 0 Å². The lowest BCUT2D eigenvalue weighted by atomic mass is 10.1. The second-order valence-electron chi connectivity index (χ2n) is 5.93. The van der Waals surface area contributed by atoms with Crippen LogP contribution in [0.15, 0.2) is 59.5 Å². The van der Waals surface area contributed by atoms with Crippen molar-refractivity contribution in [3.8, 4) is 11.4 Å². The number of rotatable bonds is 4. The second kappa shape index (κ2) is 6.80. The Morgan fingerprint density at radius 3 is 2.79 bits per heavy atom. The van der Waals surface area contributed by atoms with Crippen molar-refractivity contribution in [1.29, 1.82) is 0 Å². The van der Waals surface area contributed by atoms with Gasteiger partial charge in [-0.3, -0.25) is 9.78 Å². The zero-order valence-corrected chi connectivity index (χ0v) is 14.1. The molecule has 7 nitrogen and oxygen atoms in total. The minimum atomic E-state index is -4.69. The van der Waals surface area contributed by atoms with Gasteiger partial charge in [0, 0.05) is 28.9 Å². The summed E-state index contributed by atoms with van der Waals surface area (Å²) in [5.74, 6) is -1.79. The summed E-state index contributed by atoms with van der Waals surface area (Å²) < 4.78 is 43.8. The van der Waals surface area contributed by atoms with Crippen LogP contribution in [-0.4, -0.2) is 25.6 Å². The average Bonchev–Trinajstić information content (AvgIpc) is 3.30. The highest BCUT2D eigenvalue weighted by molar-refractivity contribution is 5.92. The van der Waals surface area contributed by atoms with Crippen molar-refractivity contribution in [1.82, 2.24) is 19.7 Å². The van der Waals surface area contributed by atoms with Crippen LogP contribution >= 0.6 is 0 Å². The number of halogens is 3. The van der Waals surface area contributed by atoms with E-state index in [2.05, 4.69) is 25.0 Å². The van der Waals surface area contributed by atoms with Gasteiger partial charge in [0.1, 0.15) is 6.54 Å². The highest BCUT2D eigenvalue weighted by atomic mass is 19.4. The zero-order chi connectivity index (χ0) is 19.7. The van der Waals surface area contributed by atoms with Gasteiger partial charge in [-0.2, -0.15) is 18.2 Å². The van der Waals surface area contributed by atoms with Gasteiger partial charge in [-0.15, -0.1) is 0 Å². The highest BCUT2D eigenvalue weighted by Gasteiger charge is 2.38. The Bertz CT molecular complexity index is 1140. The summed E-state index contributed by atoms with van der Waals surface area (Å²) in [7, 11) is 0. The molecule has 0 atom stereocenters. The minimum Gasteiger partial charge on any atom is -0.338 e. The van der Waals surface area contributed by atoms with Crippen LogP contribution in [0.1, 0.15) is 5.89 Å². The second-order valence-corrected chi connectivity index (χ2v) is 5.93. The third kappa shape index (κ3) is 3.56. The zero-order valence-electron chi connectivity index (χ0n) is 14.1. The summed E-state index contributed by atoms with van der Waals surface area (Å²) in [6.45, 7) is 0.0676. The standard InChI is InChI=1S/C18H12F3N5O2/c19-18(20,21)17-24-16(25-28-17)12-3-4-14-11(8-12)5-7-26(14)10-15(27)23-13-2-1-6-22-9-13/h1-9H,10H2,(H,23,27). The maximum Gasteiger partial charge on any atom is 0.471 e. The normalized spacial score (nSPS) is 11.7. The van der Waals surface area contributed by atoms with Gasteiger partial charge in [-0.1, -0.05) is 5.16 Å². The molecule has 1 aromatic carbocycles. The first-order chi connectivity index (χ1) is 13.4. The van der Waals surface area contributed by atoms with E-state index >= 15 is 0 Å². The van der Waals surface area contributed by atoms with Gasteiger partial charge in [0.25, 0.3) is 0 Å². The molecular formula is C18H12F3N5O2. The van der Waals surface area contributed by atoms with Gasteiger partial charge in [0.05, 0.1) is 11.9 Å². The van der Waals surface area contributed by atoms with Crippen molar-refractivity contribution in [3.05, 3.63) is 60.9 Å². The highest BCUT2D eigenvalue weighted by Crippen LogP contribution is 2.30. The van der Waals surface area contributed by atoms with Gasteiger partial charge in [-0.05, 0) is 36.4 Å². The number of carbonyl (C=O) groups is 1. The Hall–Kier alpha value is -3.69. The van der Waals surface area contributed by atoms with Crippen LogP contribution in [0, 0.1) is 0 Å². The Morgan fingerprint density at radius 2 is 2.07 bits per heavy atom. The summed E-state index contributed by atoms with van der Waals surface area (Å²) in [6.07, 6.45) is 0.168. The maximum atomic E-state index is 12.6. The fourth-order valence-electron chi connectivity index (χ4n) is 2.72. The third-order valence-electron chi connectivity index (χ3n) is 3.96. The molecule has 28 heavy (non-hydrogen) atoms. The first kappa shape index (κ1) is 17.7. The number of hydrogen-bond acceptors (Lipinski definition) is 5. The van der Waals surface area contributed by atoms with Crippen LogP contribution in [0.2, 0.25) is 0 Å². The number of alkyl halides is 3. The van der Waals surface area contributed by atoms with E-state index in [-0.39, 0.29) is 18.3 Å². The number of carbonyl (C=O) groups excluding carboxylic acids is 1. The molecule has 1 N–H and O–H groups in total. The Morgan fingerprint density at radius 1 is 1.21 bits per heavy atom. The number of hydrogen-bond donors (Lipinski definition) is 1. The molecule has 4 aromatic rings. The van der Waals surface area contributed by atoms with Gasteiger partial charge >= 0.3 is 12.1 Å². The van der Waals surface area contributed by atoms with Crippen LogP contribution in [0.25, 0.3) is 22.3 Å². The molecule has 0 fully saturated rings. The van der Waals surface area contributed by atoms with Crippen molar-refractivity contribution in [2.45, 2.75) is 12.7 Å². The van der Waals surface area contributed by atoms with Crippen molar-refractivity contribution in [2.75, 3.05) is 5.32 Å². The number of anilines is 1. The Kier molecular flexibility index (Phi) is 4.30. The lowest BCUT2D eigenvalue weighted by Gasteiger charge is -2.07. The smallest absolute Gasteiger partial charge is 0.338 e. The number of benzene rings is 1. The first-order valence-electron chi connectivity index (χ1n) is 8.10. The van der Waals surface area contributed by atoms with E-state index in [4.69, 9.17) is 0 Å². The van der Waals surface area contributed by atoms with E-state index in [1.165, 1.54) is 6.20 Å². The van der Waals surface area contributed by atoms with Crippen LogP contribution < -0.4 is 5.32 Å². The Labute approximate surface area is 155 Å². The predicted octanol–water partition coefficient (Wildman–Crippen LogP) is 3.74. The van der Waals surface area contributed by atoms with Gasteiger partial charge < -0.3 is 14.4 Å². The molecule has 0 radical (unpaired) electrons. The molecular weight excluding hydrogens is 375 g/mol. The summed E-state index contributed by atoms with van der Waals surface area (Å²) in [5.41, 5.74) is 1.71. The van der Waals surface area contributed by atoms with E-state index in [9.17, 15) is 18.0 Å².